The molecule has 1 rings (SSSR count). The smallest absolute Gasteiger partial charge is 0.0446 e. The monoisotopic (exact) mass is 203 g/mol. The van der Waals surface area contributed by atoms with Crippen LogP contribution < -0.4 is 0 Å². The molecule has 0 aromatic heterocycles. The number of benzene rings is 1. The lowest BCUT2D eigenvalue weighted by Crippen LogP contribution is -1.75. The summed E-state index contributed by atoms with van der Waals surface area (Å²) < 4.78 is 0.940. The van der Waals surface area contributed by atoms with Gasteiger partial charge in [0.15, 0.2) is 0 Å². The number of rotatable bonds is 0. The summed E-state index contributed by atoms with van der Waals surface area (Å²) >= 11 is 9.07. The third-order valence-electron chi connectivity index (χ3n) is 1.13. The van der Waals surface area contributed by atoms with Crippen molar-refractivity contribution in [3.8, 4) is 0 Å². The SMILES string of the molecule is Cc1c(Br)[c]ccc1Cl. The van der Waals surface area contributed by atoms with E-state index in [0.29, 0.717) is 0 Å². The van der Waals surface area contributed by atoms with Gasteiger partial charge in [-0.3, -0.25) is 0 Å². The van der Waals surface area contributed by atoms with Gasteiger partial charge in [-0.25, -0.2) is 0 Å². The van der Waals surface area contributed by atoms with Gasteiger partial charge in [-0.15, -0.1) is 0 Å². The van der Waals surface area contributed by atoms with E-state index >= 15 is 0 Å². The van der Waals surface area contributed by atoms with Gasteiger partial charge < -0.3 is 0 Å². The van der Waals surface area contributed by atoms with E-state index in [1.807, 2.05) is 13.0 Å². The van der Waals surface area contributed by atoms with Gasteiger partial charge >= 0.3 is 0 Å². The molecular weight excluding hydrogens is 199 g/mol. The Bertz CT molecular complexity index is 200. The predicted octanol–water partition coefficient (Wildman–Crippen LogP) is 3.21. The Morgan fingerprint density at radius 1 is 1.67 bits per heavy atom. The maximum atomic E-state index is 5.76. The van der Waals surface area contributed by atoms with Gasteiger partial charge in [-0.1, -0.05) is 17.7 Å². The van der Waals surface area contributed by atoms with Crippen molar-refractivity contribution in [1.29, 1.82) is 0 Å². The van der Waals surface area contributed by atoms with Gasteiger partial charge in [-0.2, -0.15) is 0 Å². The summed E-state index contributed by atoms with van der Waals surface area (Å²) in [6, 6.07) is 6.58. The van der Waals surface area contributed by atoms with E-state index in [1.54, 1.807) is 6.07 Å². The first-order chi connectivity index (χ1) is 4.22. The second kappa shape index (κ2) is 2.72. The molecule has 0 saturated carbocycles. The normalized spacial score (nSPS) is 9.67. The van der Waals surface area contributed by atoms with Gasteiger partial charge in [-0.05, 0) is 40.5 Å². The minimum absolute atomic E-state index is 0.778. The highest BCUT2D eigenvalue weighted by atomic mass is 79.9. The van der Waals surface area contributed by atoms with Crippen LogP contribution in [-0.2, 0) is 0 Å². The fraction of sp³-hybridized carbons (Fsp3) is 0.143. The predicted molar refractivity (Wildman–Crippen MR) is 42.7 cm³/mol. The molecule has 47 valence electrons. The molecule has 0 bridgehead atoms. The largest absolute Gasteiger partial charge is 0.0840 e. The third-order valence-corrected chi connectivity index (χ3v) is 2.36. The quantitative estimate of drug-likeness (QED) is 0.609. The van der Waals surface area contributed by atoms with Crippen molar-refractivity contribution in [2.24, 2.45) is 0 Å². The second-order valence-corrected chi connectivity index (χ2v) is 2.96. The van der Waals surface area contributed by atoms with Gasteiger partial charge in [0, 0.05) is 9.50 Å². The molecule has 0 unspecified atom stereocenters. The van der Waals surface area contributed by atoms with Crippen molar-refractivity contribution >= 4 is 27.5 Å². The lowest BCUT2D eigenvalue weighted by atomic mass is 10.2. The number of halogens is 2. The zero-order chi connectivity index (χ0) is 6.85. The highest BCUT2D eigenvalue weighted by Crippen LogP contribution is 2.22. The molecule has 0 aliphatic rings. The molecule has 2 heteroatoms. The van der Waals surface area contributed by atoms with Crippen molar-refractivity contribution in [3.05, 3.63) is 33.3 Å². The van der Waals surface area contributed by atoms with Crippen molar-refractivity contribution in [1.82, 2.24) is 0 Å². The number of hydrogen-bond acceptors (Lipinski definition) is 0. The molecule has 1 radical (unpaired) electrons. The zero-order valence-corrected chi connectivity index (χ0v) is 7.25. The second-order valence-electron chi connectivity index (χ2n) is 1.76. The summed E-state index contributed by atoms with van der Waals surface area (Å²) in [5.74, 6) is 0. The van der Waals surface area contributed by atoms with E-state index in [0.717, 1.165) is 15.1 Å². The summed E-state index contributed by atoms with van der Waals surface area (Å²) in [7, 11) is 0. The molecule has 0 N–H and O–H groups in total. The van der Waals surface area contributed by atoms with Crippen molar-refractivity contribution in [2.75, 3.05) is 0 Å². The molecule has 0 amide bonds. The lowest BCUT2D eigenvalue weighted by Gasteiger charge is -1.96. The average Bonchev–Trinajstić information content (AvgIpc) is 1.83. The summed E-state index contributed by atoms with van der Waals surface area (Å²) in [5.41, 5.74) is 1.04. The molecule has 0 saturated heterocycles. The molecular formula is C7H5BrCl. The van der Waals surface area contributed by atoms with Crippen LogP contribution in [0, 0.1) is 13.0 Å². The van der Waals surface area contributed by atoms with E-state index < -0.39 is 0 Å². The molecule has 0 fully saturated rings. The third kappa shape index (κ3) is 1.46. The van der Waals surface area contributed by atoms with E-state index in [9.17, 15) is 0 Å². The van der Waals surface area contributed by atoms with Crippen LogP contribution in [0.2, 0.25) is 5.02 Å². The molecule has 9 heavy (non-hydrogen) atoms. The Labute approximate surface area is 68.0 Å². The molecule has 0 atom stereocenters. The lowest BCUT2D eigenvalue weighted by molar-refractivity contribution is 1.42. The average molecular weight is 204 g/mol. The van der Waals surface area contributed by atoms with Crippen LogP contribution in [0.3, 0.4) is 0 Å². The highest BCUT2D eigenvalue weighted by Gasteiger charge is 1.96. The topological polar surface area (TPSA) is 0 Å². The molecule has 0 nitrogen and oxygen atoms in total. The minimum Gasteiger partial charge on any atom is -0.0840 e. The first kappa shape index (κ1) is 7.10. The van der Waals surface area contributed by atoms with Crippen LogP contribution in [-0.4, -0.2) is 0 Å². The Morgan fingerprint density at radius 3 is 2.78 bits per heavy atom. The van der Waals surface area contributed by atoms with Crippen LogP contribution in [0.25, 0.3) is 0 Å². The molecule has 0 aliphatic heterocycles. The van der Waals surface area contributed by atoms with Gasteiger partial charge in [0.2, 0.25) is 0 Å². The zero-order valence-electron chi connectivity index (χ0n) is 4.91. The highest BCUT2D eigenvalue weighted by molar-refractivity contribution is 9.10. The van der Waals surface area contributed by atoms with Crippen LogP contribution in [0.5, 0.6) is 0 Å². The van der Waals surface area contributed by atoms with Crippen LogP contribution in [0.1, 0.15) is 5.56 Å². The molecule has 0 spiro atoms. The fourth-order valence-electron chi connectivity index (χ4n) is 0.526. The summed E-state index contributed by atoms with van der Waals surface area (Å²) in [6.07, 6.45) is 0. The fourth-order valence-corrected chi connectivity index (χ4v) is 1.14. The molecule has 1 aromatic rings. The standard InChI is InChI=1S/C7H5BrCl/c1-5-6(8)3-2-4-7(5)9/h2,4H,1H3. The summed E-state index contributed by atoms with van der Waals surface area (Å²) in [5, 5.41) is 0.778. The van der Waals surface area contributed by atoms with Crippen molar-refractivity contribution in [3.63, 3.8) is 0 Å². The molecule has 0 heterocycles. The van der Waals surface area contributed by atoms with E-state index in [4.69, 9.17) is 11.6 Å². The van der Waals surface area contributed by atoms with E-state index in [1.165, 1.54) is 0 Å². The van der Waals surface area contributed by atoms with Crippen LogP contribution in [0.4, 0.5) is 0 Å². The van der Waals surface area contributed by atoms with Crippen LogP contribution >= 0.6 is 27.5 Å². The van der Waals surface area contributed by atoms with E-state index in [-0.39, 0.29) is 0 Å². The Morgan fingerprint density at radius 2 is 2.33 bits per heavy atom. The van der Waals surface area contributed by atoms with E-state index in [2.05, 4.69) is 22.0 Å². The van der Waals surface area contributed by atoms with Crippen LogP contribution in [0.15, 0.2) is 16.6 Å². The Balaban J connectivity index is 3.25. The van der Waals surface area contributed by atoms with Crippen molar-refractivity contribution < 1.29 is 0 Å². The van der Waals surface area contributed by atoms with Gasteiger partial charge in [0.1, 0.15) is 0 Å². The van der Waals surface area contributed by atoms with Gasteiger partial charge in [0.25, 0.3) is 0 Å². The summed E-state index contributed by atoms with van der Waals surface area (Å²) in [6.45, 7) is 1.95. The molecule has 1 aromatic carbocycles. The molecule has 0 aliphatic carbocycles. The number of hydrogen-bond donors (Lipinski definition) is 0. The maximum absolute atomic E-state index is 5.76. The first-order valence-corrected chi connectivity index (χ1v) is 3.71. The minimum atomic E-state index is 0.778. The first-order valence-electron chi connectivity index (χ1n) is 2.54. The maximum Gasteiger partial charge on any atom is 0.0446 e. The summed E-state index contributed by atoms with van der Waals surface area (Å²) in [4.78, 5) is 0. The van der Waals surface area contributed by atoms with Gasteiger partial charge in [0.05, 0.1) is 0 Å². The Hall–Kier alpha value is -0.0100. The van der Waals surface area contributed by atoms with Crippen molar-refractivity contribution in [2.45, 2.75) is 6.92 Å². The Kier molecular flexibility index (Phi) is 2.14.